The number of carbonyl (C=O) groups excluding carboxylic acids is 1. The molecule has 0 aromatic heterocycles. The normalized spacial score (nSPS) is 19.9. The largest absolute Gasteiger partial charge is 0.481 e. The second kappa shape index (κ2) is 6.35. The Kier molecular flexibility index (Phi) is 4.70. The molecule has 0 aliphatic carbocycles. The predicted molar refractivity (Wildman–Crippen MR) is 71.3 cm³/mol. The van der Waals surface area contributed by atoms with E-state index in [1.54, 1.807) is 0 Å². The van der Waals surface area contributed by atoms with Gasteiger partial charge in [-0.25, -0.2) is 13.2 Å². The third-order valence-corrected chi connectivity index (χ3v) is 3.32. The molecule has 1 aliphatic heterocycles. The van der Waals surface area contributed by atoms with Crippen LogP contribution in [0.4, 0.5) is 13.2 Å². The fraction of sp³-hybridized carbons (Fsp3) is 0.429. The zero-order chi connectivity index (χ0) is 16.3. The van der Waals surface area contributed by atoms with E-state index in [4.69, 9.17) is 5.11 Å². The van der Waals surface area contributed by atoms with Crippen molar-refractivity contribution in [3.05, 3.63) is 35.1 Å². The van der Waals surface area contributed by atoms with Crippen molar-refractivity contribution in [2.24, 2.45) is 0 Å². The number of carboxylic acids is 1. The molecule has 0 spiro atoms. The minimum absolute atomic E-state index is 0.0302. The Morgan fingerprint density at radius 3 is 2.68 bits per heavy atom. The number of nitrogens with one attached hydrogen (secondary N) is 2. The van der Waals surface area contributed by atoms with Gasteiger partial charge in [-0.05, 0) is 23.8 Å². The Morgan fingerprint density at radius 2 is 2.09 bits per heavy atom. The summed E-state index contributed by atoms with van der Waals surface area (Å²) in [5.74, 6) is -5.29. The fourth-order valence-electron chi connectivity index (χ4n) is 2.28. The zero-order valence-electron chi connectivity index (χ0n) is 11.5. The third kappa shape index (κ3) is 4.20. The molecule has 1 saturated heterocycles. The van der Waals surface area contributed by atoms with Gasteiger partial charge in [0, 0.05) is 24.6 Å². The molecule has 120 valence electrons. The number of benzene rings is 1. The molecular formula is C14H15F3N2O3. The van der Waals surface area contributed by atoms with Crippen LogP contribution in [0.3, 0.4) is 0 Å². The molecule has 1 aromatic rings. The molecule has 1 heterocycles. The van der Waals surface area contributed by atoms with Crippen molar-refractivity contribution in [2.45, 2.75) is 24.8 Å². The van der Waals surface area contributed by atoms with E-state index < -0.39 is 42.6 Å². The second-order valence-electron chi connectivity index (χ2n) is 5.17. The van der Waals surface area contributed by atoms with Gasteiger partial charge < -0.3 is 15.7 Å². The maximum Gasteiger partial charge on any atom is 0.305 e. The van der Waals surface area contributed by atoms with Crippen LogP contribution in [0.25, 0.3) is 0 Å². The Balaban J connectivity index is 2.10. The number of alkyl halides is 2. The maximum absolute atomic E-state index is 13.6. The quantitative estimate of drug-likeness (QED) is 0.772. The highest BCUT2D eigenvalue weighted by Crippen LogP contribution is 2.34. The van der Waals surface area contributed by atoms with Crippen LogP contribution >= 0.6 is 0 Å². The summed E-state index contributed by atoms with van der Waals surface area (Å²) in [6.45, 7) is -0.589. The highest BCUT2D eigenvalue weighted by Gasteiger charge is 2.40. The third-order valence-electron chi connectivity index (χ3n) is 3.32. The van der Waals surface area contributed by atoms with Gasteiger partial charge in [0.25, 0.3) is 11.8 Å². The molecule has 22 heavy (non-hydrogen) atoms. The maximum atomic E-state index is 13.6. The van der Waals surface area contributed by atoms with Gasteiger partial charge in [0.1, 0.15) is 5.82 Å². The molecule has 3 N–H and O–H groups in total. The Labute approximate surface area is 124 Å². The van der Waals surface area contributed by atoms with Crippen molar-refractivity contribution in [3.63, 3.8) is 0 Å². The average Bonchev–Trinajstić information content (AvgIpc) is 2.78. The SMILES string of the molecule is O=C(O)CCNC(=O)c1cc(F)cc(C2CC(F)(F)CN2)c1. The first-order valence-electron chi connectivity index (χ1n) is 6.68. The van der Waals surface area contributed by atoms with Crippen LogP contribution in [0, 0.1) is 5.82 Å². The summed E-state index contributed by atoms with van der Waals surface area (Å²) in [5.41, 5.74) is 0.234. The summed E-state index contributed by atoms with van der Waals surface area (Å²) in [7, 11) is 0. The van der Waals surface area contributed by atoms with Crippen molar-refractivity contribution < 1.29 is 27.9 Å². The molecule has 1 fully saturated rings. The molecular weight excluding hydrogens is 301 g/mol. The van der Waals surface area contributed by atoms with E-state index in [1.165, 1.54) is 6.07 Å². The van der Waals surface area contributed by atoms with Gasteiger partial charge in [0.05, 0.1) is 13.0 Å². The van der Waals surface area contributed by atoms with Crippen molar-refractivity contribution >= 4 is 11.9 Å². The predicted octanol–water partition coefficient (Wildman–Crippen LogP) is 1.70. The summed E-state index contributed by atoms with van der Waals surface area (Å²) in [6, 6.07) is 2.69. The number of halogens is 3. The summed E-state index contributed by atoms with van der Waals surface area (Å²) in [6.07, 6.45) is -0.721. The molecule has 2 rings (SSSR count). The highest BCUT2D eigenvalue weighted by molar-refractivity contribution is 5.94. The number of aliphatic carboxylic acids is 1. The minimum Gasteiger partial charge on any atom is -0.481 e. The molecule has 5 nitrogen and oxygen atoms in total. The molecule has 1 amide bonds. The average molecular weight is 316 g/mol. The molecule has 1 aromatic carbocycles. The number of carboxylic acid groups (broad SMARTS) is 1. The molecule has 8 heteroatoms. The van der Waals surface area contributed by atoms with Crippen LogP contribution in [0.1, 0.15) is 34.8 Å². The second-order valence-corrected chi connectivity index (χ2v) is 5.17. The van der Waals surface area contributed by atoms with Gasteiger partial charge >= 0.3 is 5.97 Å². The van der Waals surface area contributed by atoms with Gasteiger partial charge in [-0.15, -0.1) is 0 Å². The van der Waals surface area contributed by atoms with Gasteiger partial charge in [0.15, 0.2) is 0 Å². The van der Waals surface area contributed by atoms with E-state index in [0.717, 1.165) is 12.1 Å². The first-order valence-corrected chi connectivity index (χ1v) is 6.68. The van der Waals surface area contributed by atoms with Crippen LogP contribution in [0.2, 0.25) is 0 Å². The van der Waals surface area contributed by atoms with Crippen molar-refractivity contribution in [2.75, 3.05) is 13.1 Å². The molecule has 1 aliphatic rings. The molecule has 0 saturated carbocycles. The molecule has 1 atom stereocenters. The molecule has 0 radical (unpaired) electrons. The van der Waals surface area contributed by atoms with Crippen LogP contribution in [-0.4, -0.2) is 36.0 Å². The van der Waals surface area contributed by atoms with Crippen molar-refractivity contribution in [1.29, 1.82) is 0 Å². The summed E-state index contributed by atoms with van der Waals surface area (Å²) >= 11 is 0. The summed E-state index contributed by atoms with van der Waals surface area (Å²) in [5, 5.41) is 13.4. The lowest BCUT2D eigenvalue weighted by atomic mass is 10.0. The van der Waals surface area contributed by atoms with Gasteiger partial charge in [0.2, 0.25) is 0 Å². The van der Waals surface area contributed by atoms with E-state index in [-0.39, 0.29) is 24.1 Å². The van der Waals surface area contributed by atoms with Crippen molar-refractivity contribution in [1.82, 2.24) is 10.6 Å². The van der Waals surface area contributed by atoms with E-state index in [2.05, 4.69) is 10.6 Å². The van der Waals surface area contributed by atoms with Crippen LogP contribution in [-0.2, 0) is 4.79 Å². The van der Waals surface area contributed by atoms with E-state index >= 15 is 0 Å². The van der Waals surface area contributed by atoms with Crippen molar-refractivity contribution in [3.8, 4) is 0 Å². The monoisotopic (exact) mass is 316 g/mol. The smallest absolute Gasteiger partial charge is 0.305 e. The van der Waals surface area contributed by atoms with Crippen LogP contribution < -0.4 is 10.6 Å². The van der Waals surface area contributed by atoms with Gasteiger partial charge in [-0.1, -0.05) is 0 Å². The van der Waals surface area contributed by atoms with Crippen LogP contribution in [0.5, 0.6) is 0 Å². The molecule has 0 bridgehead atoms. The van der Waals surface area contributed by atoms with E-state index in [0.29, 0.717) is 0 Å². The number of rotatable bonds is 5. The van der Waals surface area contributed by atoms with Crippen LogP contribution in [0.15, 0.2) is 18.2 Å². The standard InChI is InChI=1S/C14H15F3N2O3/c15-10-4-8(11-6-14(16,17)7-19-11)3-9(5-10)13(22)18-2-1-12(20)21/h3-5,11,19H,1-2,6-7H2,(H,18,22)(H,20,21). The van der Waals surface area contributed by atoms with Gasteiger partial charge in [-0.3, -0.25) is 9.59 Å². The number of hydrogen-bond acceptors (Lipinski definition) is 3. The lowest BCUT2D eigenvalue weighted by Crippen LogP contribution is -2.26. The minimum atomic E-state index is -2.86. The lowest BCUT2D eigenvalue weighted by Gasteiger charge is -2.13. The lowest BCUT2D eigenvalue weighted by molar-refractivity contribution is -0.136. The Bertz CT molecular complexity index is 593. The topological polar surface area (TPSA) is 78.4 Å². The molecule has 1 unspecified atom stereocenters. The Morgan fingerprint density at radius 1 is 1.36 bits per heavy atom. The van der Waals surface area contributed by atoms with E-state index in [1.807, 2.05) is 0 Å². The highest BCUT2D eigenvalue weighted by atomic mass is 19.3. The first-order chi connectivity index (χ1) is 10.3. The first kappa shape index (κ1) is 16.3. The fourth-order valence-corrected chi connectivity index (χ4v) is 2.28. The Hall–Kier alpha value is -2.09. The summed E-state index contributed by atoms with van der Waals surface area (Å²) < 4.78 is 40.0. The van der Waals surface area contributed by atoms with E-state index in [9.17, 15) is 22.8 Å². The summed E-state index contributed by atoms with van der Waals surface area (Å²) in [4.78, 5) is 22.2. The number of hydrogen-bond donors (Lipinski definition) is 3. The van der Waals surface area contributed by atoms with Gasteiger partial charge in [-0.2, -0.15) is 0 Å². The number of amides is 1. The number of carbonyl (C=O) groups is 2. The zero-order valence-corrected chi connectivity index (χ0v) is 11.5.